The van der Waals surface area contributed by atoms with Crippen molar-refractivity contribution in [2.75, 3.05) is 25.6 Å². The molecule has 0 amide bonds. The first-order valence-electron chi connectivity index (χ1n) is 10.7. The van der Waals surface area contributed by atoms with Gasteiger partial charge in [0.2, 0.25) is 9.84 Å². The van der Waals surface area contributed by atoms with Crippen molar-refractivity contribution in [3.05, 3.63) is 42.0 Å². The summed E-state index contributed by atoms with van der Waals surface area (Å²) in [6, 6.07) is 9.60. The maximum Gasteiger partial charge on any atom is 0.207 e. The van der Waals surface area contributed by atoms with Gasteiger partial charge in [0.15, 0.2) is 0 Å². The van der Waals surface area contributed by atoms with Crippen molar-refractivity contribution >= 4 is 21.4 Å². The number of nitrogens with one attached hydrogen (secondary N) is 1. The maximum atomic E-state index is 13.5. The number of fused-ring (bicyclic) bond motifs is 3. The van der Waals surface area contributed by atoms with Crippen LogP contribution in [0.1, 0.15) is 31.7 Å². The van der Waals surface area contributed by atoms with E-state index in [4.69, 9.17) is 25.8 Å². The average Bonchev–Trinajstić information content (AvgIpc) is 3.14. The van der Waals surface area contributed by atoms with Crippen LogP contribution in [0.25, 0.3) is 0 Å². The first-order valence-corrected chi connectivity index (χ1v) is 12.7. The third-order valence-corrected chi connectivity index (χ3v) is 7.69. The maximum absolute atomic E-state index is 13.5. The minimum absolute atomic E-state index is 0.0328. The highest BCUT2D eigenvalue weighted by atomic mass is 35.5. The van der Waals surface area contributed by atoms with E-state index in [0.717, 1.165) is 25.1 Å². The average molecular weight is 482 g/mol. The molecule has 4 rings (SSSR count). The lowest BCUT2D eigenvalue weighted by molar-refractivity contribution is 0.131. The molecule has 2 aliphatic heterocycles. The van der Waals surface area contributed by atoms with Crippen LogP contribution in [0, 0.1) is 0 Å². The molecule has 1 saturated heterocycles. The number of aliphatic hydroxyl groups is 1. The Morgan fingerprint density at radius 2 is 1.91 bits per heavy atom. The number of ether oxygens (including phenoxy) is 3. The molecule has 0 bridgehead atoms. The van der Waals surface area contributed by atoms with Crippen LogP contribution in [-0.4, -0.2) is 57.4 Å². The van der Waals surface area contributed by atoms with E-state index in [1.165, 1.54) is 12.1 Å². The molecule has 0 saturated carbocycles. The van der Waals surface area contributed by atoms with Gasteiger partial charge in [-0.2, -0.15) is 0 Å². The van der Waals surface area contributed by atoms with Gasteiger partial charge >= 0.3 is 0 Å². The van der Waals surface area contributed by atoms with E-state index < -0.39 is 15.9 Å². The highest BCUT2D eigenvalue weighted by Crippen LogP contribution is 2.43. The summed E-state index contributed by atoms with van der Waals surface area (Å²) in [6.07, 6.45) is 0.177. The van der Waals surface area contributed by atoms with Gasteiger partial charge in [0.1, 0.15) is 29.5 Å². The quantitative estimate of drug-likeness (QED) is 0.559. The number of hydrogen-bond acceptors (Lipinski definition) is 7. The molecule has 174 valence electrons. The van der Waals surface area contributed by atoms with Crippen LogP contribution in [0.2, 0.25) is 0 Å². The fraction of sp³-hybridized carbons (Fsp3) is 0.478. The van der Waals surface area contributed by atoms with Gasteiger partial charge in [0, 0.05) is 24.1 Å². The number of piperidine rings is 1. The first-order chi connectivity index (χ1) is 15.3. The van der Waals surface area contributed by atoms with Crippen LogP contribution in [0.15, 0.2) is 46.2 Å². The lowest BCUT2D eigenvalue weighted by atomic mass is 9.90. The van der Waals surface area contributed by atoms with Crippen molar-refractivity contribution in [2.24, 2.45) is 0 Å². The Morgan fingerprint density at radius 1 is 1.16 bits per heavy atom. The summed E-state index contributed by atoms with van der Waals surface area (Å²) >= 11 is 5.82. The van der Waals surface area contributed by atoms with Gasteiger partial charge < -0.3 is 24.6 Å². The van der Waals surface area contributed by atoms with Crippen LogP contribution < -0.4 is 19.5 Å². The monoisotopic (exact) mass is 481 g/mol. The van der Waals surface area contributed by atoms with E-state index in [1.54, 1.807) is 18.2 Å². The molecule has 2 N–H and O–H groups in total. The predicted molar refractivity (Wildman–Crippen MR) is 121 cm³/mol. The summed E-state index contributed by atoms with van der Waals surface area (Å²) in [4.78, 5) is 0.181. The van der Waals surface area contributed by atoms with Crippen molar-refractivity contribution in [1.29, 1.82) is 0 Å². The van der Waals surface area contributed by atoms with E-state index in [1.807, 2.05) is 19.9 Å². The molecule has 2 aromatic rings. The normalized spacial score (nSPS) is 20.9. The highest BCUT2D eigenvalue weighted by Gasteiger charge is 2.37. The van der Waals surface area contributed by atoms with E-state index in [9.17, 15) is 13.5 Å². The molecule has 3 atom stereocenters. The zero-order chi connectivity index (χ0) is 22.9. The second-order valence-electron chi connectivity index (χ2n) is 8.34. The van der Waals surface area contributed by atoms with Crippen LogP contribution in [0.4, 0.5) is 0 Å². The molecular formula is C23H28ClNO6S. The fourth-order valence-corrected chi connectivity index (χ4v) is 5.60. The van der Waals surface area contributed by atoms with Gasteiger partial charge in [-0.05, 0) is 51.1 Å². The van der Waals surface area contributed by atoms with Gasteiger partial charge in [-0.15, -0.1) is 11.6 Å². The van der Waals surface area contributed by atoms with E-state index in [-0.39, 0.29) is 46.2 Å². The summed E-state index contributed by atoms with van der Waals surface area (Å²) in [5.74, 6) is 1.59. The molecule has 0 spiro atoms. The van der Waals surface area contributed by atoms with Crippen LogP contribution >= 0.6 is 11.6 Å². The first kappa shape index (κ1) is 23.2. The molecule has 0 aliphatic carbocycles. The van der Waals surface area contributed by atoms with E-state index in [0.29, 0.717) is 11.5 Å². The number of sulfone groups is 1. The summed E-state index contributed by atoms with van der Waals surface area (Å²) in [6.45, 7) is 5.09. The molecule has 0 radical (unpaired) electrons. The van der Waals surface area contributed by atoms with Crippen molar-refractivity contribution in [1.82, 2.24) is 5.32 Å². The zero-order valence-electron chi connectivity index (χ0n) is 18.1. The second-order valence-corrected chi connectivity index (χ2v) is 10.6. The Hall–Kier alpha value is -2.00. The van der Waals surface area contributed by atoms with Crippen LogP contribution in [-0.2, 0) is 9.84 Å². The highest BCUT2D eigenvalue weighted by molar-refractivity contribution is 7.91. The molecule has 2 aromatic carbocycles. The minimum atomic E-state index is -3.87. The third kappa shape index (κ3) is 4.69. The smallest absolute Gasteiger partial charge is 0.207 e. The summed E-state index contributed by atoms with van der Waals surface area (Å²) < 4.78 is 44.5. The standard InChI is InChI=1S/C23H28ClNO6S/c1-14(2)29-15-7-16(30-17(11-24)13-26)9-19(8-15)32(27,28)18-3-4-20-21-5-6-25-12-23(21)31-22(20)10-18/h3-4,7-10,14,17,21,23,25-26H,5-6,11-13H2,1-2H3. The molecule has 1 fully saturated rings. The number of alkyl halides is 1. The Labute approximate surface area is 193 Å². The molecular weight excluding hydrogens is 454 g/mol. The van der Waals surface area contributed by atoms with Gasteiger partial charge in [0.25, 0.3) is 0 Å². The summed E-state index contributed by atoms with van der Waals surface area (Å²) in [5.41, 5.74) is 1.06. The van der Waals surface area contributed by atoms with E-state index in [2.05, 4.69) is 5.32 Å². The van der Waals surface area contributed by atoms with Gasteiger partial charge in [-0.1, -0.05) is 6.07 Å². The third-order valence-electron chi connectivity index (χ3n) is 5.61. The summed E-state index contributed by atoms with van der Waals surface area (Å²) in [7, 11) is -3.87. The minimum Gasteiger partial charge on any atom is -0.491 e. The molecule has 2 aliphatic rings. The van der Waals surface area contributed by atoms with Crippen molar-refractivity contribution in [3.63, 3.8) is 0 Å². The Balaban J connectivity index is 1.70. The number of rotatable bonds is 8. The van der Waals surface area contributed by atoms with E-state index >= 15 is 0 Å². The number of halogens is 1. The van der Waals surface area contributed by atoms with Gasteiger partial charge in [-0.3, -0.25) is 0 Å². The Kier molecular flexibility index (Phi) is 6.86. The molecule has 32 heavy (non-hydrogen) atoms. The fourth-order valence-electron chi connectivity index (χ4n) is 4.12. The molecule has 0 aromatic heterocycles. The zero-order valence-corrected chi connectivity index (χ0v) is 19.7. The second kappa shape index (κ2) is 9.47. The molecule has 9 heteroatoms. The molecule has 7 nitrogen and oxygen atoms in total. The predicted octanol–water partition coefficient (Wildman–Crippen LogP) is 3.12. The lowest BCUT2D eigenvalue weighted by Gasteiger charge is -2.24. The molecule has 3 unspecified atom stereocenters. The number of aliphatic hydroxyl groups excluding tert-OH is 1. The van der Waals surface area contributed by atoms with Crippen LogP contribution in [0.3, 0.4) is 0 Å². The van der Waals surface area contributed by atoms with Crippen molar-refractivity contribution in [3.8, 4) is 17.2 Å². The Bertz CT molecular complexity index is 1070. The van der Waals surface area contributed by atoms with Gasteiger partial charge in [0.05, 0.1) is 28.4 Å². The van der Waals surface area contributed by atoms with Crippen LogP contribution in [0.5, 0.6) is 17.2 Å². The molecule has 2 heterocycles. The Morgan fingerprint density at radius 3 is 2.59 bits per heavy atom. The number of hydrogen-bond donors (Lipinski definition) is 2. The van der Waals surface area contributed by atoms with Crippen molar-refractivity contribution in [2.45, 2.75) is 54.3 Å². The largest absolute Gasteiger partial charge is 0.491 e. The SMILES string of the molecule is CC(C)Oc1cc(OC(CO)CCl)cc(S(=O)(=O)c2ccc3c(c2)OC2CNCCC32)c1. The topological polar surface area (TPSA) is 94.1 Å². The summed E-state index contributed by atoms with van der Waals surface area (Å²) in [5, 5.41) is 12.7. The lowest BCUT2D eigenvalue weighted by Crippen LogP contribution is -2.39. The van der Waals surface area contributed by atoms with Crippen molar-refractivity contribution < 1.29 is 27.7 Å². The van der Waals surface area contributed by atoms with Gasteiger partial charge in [-0.25, -0.2) is 8.42 Å². The number of benzene rings is 2.